The number of likely N-dealkylation sites (tertiary alicyclic amines) is 1. The van der Waals surface area contributed by atoms with E-state index in [0.29, 0.717) is 6.04 Å². The van der Waals surface area contributed by atoms with Crippen molar-refractivity contribution in [2.24, 2.45) is 5.92 Å². The van der Waals surface area contributed by atoms with Gasteiger partial charge in [0.2, 0.25) is 0 Å². The van der Waals surface area contributed by atoms with Crippen LogP contribution in [0.15, 0.2) is 24.3 Å². The third-order valence-corrected chi connectivity index (χ3v) is 4.78. The first-order valence-electron chi connectivity index (χ1n) is 8.25. The van der Waals surface area contributed by atoms with Crippen LogP contribution in [0.25, 0.3) is 0 Å². The van der Waals surface area contributed by atoms with Crippen LogP contribution in [-0.2, 0) is 6.42 Å². The molecule has 3 heteroatoms. The van der Waals surface area contributed by atoms with Crippen molar-refractivity contribution in [1.29, 1.82) is 0 Å². The molecule has 1 aromatic rings. The van der Waals surface area contributed by atoms with Crippen molar-refractivity contribution in [3.63, 3.8) is 0 Å². The zero-order chi connectivity index (χ0) is 15.1. The van der Waals surface area contributed by atoms with Crippen molar-refractivity contribution in [2.75, 3.05) is 33.8 Å². The minimum Gasteiger partial charge on any atom is -0.496 e. The highest BCUT2D eigenvalue weighted by atomic mass is 16.5. The van der Waals surface area contributed by atoms with Gasteiger partial charge < -0.3 is 15.0 Å². The SMILES string of the molecule is CNCCC1CCN(C(C)Cc2ccccc2OC)CC1. The fourth-order valence-corrected chi connectivity index (χ4v) is 3.35. The number of piperidine rings is 1. The van der Waals surface area contributed by atoms with Crippen LogP contribution in [0.4, 0.5) is 0 Å². The van der Waals surface area contributed by atoms with E-state index in [1.807, 2.05) is 13.1 Å². The minimum atomic E-state index is 0.589. The van der Waals surface area contributed by atoms with Crippen LogP contribution in [0.5, 0.6) is 5.75 Å². The smallest absolute Gasteiger partial charge is 0.122 e. The van der Waals surface area contributed by atoms with Crippen molar-refractivity contribution >= 4 is 0 Å². The molecular formula is C18H30N2O. The molecule has 1 aliphatic heterocycles. The number of para-hydroxylation sites is 1. The summed E-state index contributed by atoms with van der Waals surface area (Å²) >= 11 is 0. The number of hydrogen-bond acceptors (Lipinski definition) is 3. The van der Waals surface area contributed by atoms with Crippen molar-refractivity contribution in [1.82, 2.24) is 10.2 Å². The average Bonchev–Trinajstić information content (AvgIpc) is 2.54. The van der Waals surface area contributed by atoms with Crippen molar-refractivity contribution in [3.8, 4) is 5.75 Å². The first-order valence-corrected chi connectivity index (χ1v) is 8.25. The van der Waals surface area contributed by atoms with Crippen molar-refractivity contribution in [3.05, 3.63) is 29.8 Å². The van der Waals surface area contributed by atoms with Crippen molar-refractivity contribution < 1.29 is 4.74 Å². The monoisotopic (exact) mass is 290 g/mol. The third kappa shape index (κ3) is 4.72. The Balaban J connectivity index is 1.83. The summed E-state index contributed by atoms with van der Waals surface area (Å²) in [5, 5.41) is 3.27. The first-order chi connectivity index (χ1) is 10.2. The van der Waals surface area contributed by atoms with Gasteiger partial charge in [0.15, 0.2) is 0 Å². The van der Waals surface area contributed by atoms with Gasteiger partial charge in [0, 0.05) is 6.04 Å². The maximum atomic E-state index is 5.47. The van der Waals surface area contributed by atoms with Gasteiger partial charge in [0.1, 0.15) is 5.75 Å². The average molecular weight is 290 g/mol. The Morgan fingerprint density at radius 3 is 2.67 bits per heavy atom. The zero-order valence-corrected chi connectivity index (χ0v) is 13.8. The van der Waals surface area contributed by atoms with E-state index < -0.39 is 0 Å². The Morgan fingerprint density at radius 1 is 1.29 bits per heavy atom. The van der Waals surface area contributed by atoms with Crippen LogP contribution >= 0.6 is 0 Å². The molecule has 1 N–H and O–H groups in total. The van der Waals surface area contributed by atoms with Crippen molar-refractivity contribution in [2.45, 2.75) is 38.6 Å². The topological polar surface area (TPSA) is 24.5 Å². The maximum Gasteiger partial charge on any atom is 0.122 e. The van der Waals surface area contributed by atoms with Gasteiger partial charge in [-0.25, -0.2) is 0 Å². The number of nitrogens with zero attached hydrogens (tertiary/aromatic N) is 1. The number of hydrogen-bond donors (Lipinski definition) is 1. The van der Waals surface area contributed by atoms with E-state index in [0.717, 1.165) is 24.6 Å². The molecule has 118 valence electrons. The molecule has 0 bridgehead atoms. The molecule has 0 aliphatic carbocycles. The molecule has 1 aromatic carbocycles. The number of methoxy groups -OCH3 is 1. The fraction of sp³-hybridized carbons (Fsp3) is 0.667. The van der Waals surface area contributed by atoms with Crippen LogP contribution in [0.1, 0.15) is 31.7 Å². The fourth-order valence-electron chi connectivity index (χ4n) is 3.35. The lowest BCUT2D eigenvalue weighted by molar-refractivity contribution is 0.136. The second-order valence-corrected chi connectivity index (χ2v) is 6.24. The van der Waals surface area contributed by atoms with Gasteiger partial charge in [-0.3, -0.25) is 0 Å². The third-order valence-electron chi connectivity index (χ3n) is 4.78. The second-order valence-electron chi connectivity index (χ2n) is 6.24. The summed E-state index contributed by atoms with van der Waals surface area (Å²) in [7, 11) is 3.81. The Hall–Kier alpha value is -1.06. The predicted molar refractivity (Wildman–Crippen MR) is 89.0 cm³/mol. The molecule has 0 radical (unpaired) electrons. The summed E-state index contributed by atoms with van der Waals surface area (Å²) in [6.45, 7) is 5.98. The molecule has 2 rings (SSSR count). The predicted octanol–water partition coefficient (Wildman–Crippen LogP) is 2.95. The van der Waals surface area contributed by atoms with E-state index in [-0.39, 0.29) is 0 Å². The molecular weight excluding hydrogens is 260 g/mol. The molecule has 1 unspecified atom stereocenters. The van der Waals surface area contributed by atoms with Gasteiger partial charge in [-0.2, -0.15) is 0 Å². The zero-order valence-electron chi connectivity index (χ0n) is 13.8. The highest BCUT2D eigenvalue weighted by Gasteiger charge is 2.23. The Labute approximate surface area is 129 Å². The normalized spacial score (nSPS) is 18.6. The van der Waals surface area contributed by atoms with E-state index >= 15 is 0 Å². The lowest BCUT2D eigenvalue weighted by Crippen LogP contribution is -2.41. The molecule has 3 nitrogen and oxygen atoms in total. The molecule has 21 heavy (non-hydrogen) atoms. The molecule has 1 saturated heterocycles. The van der Waals surface area contributed by atoms with Gasteiger partial charge in [-0.05, 0) is 76.8 Å². The van der Waals surface area contributed by atoms with Gasteiger partial charge in [0.05, 0.1) is 7.11 Å². The van der Waals surface area contributed by atoms with Crippen LogP contribution in [0.2, 0.25) is 0 Å². The Morgan fingerprint density at radius 2 is 2.00 bits per heavy atom. The summed E-state index contributed by atoms with van der Waals surface area (Å²) in [5.41, 5.74) is 1.32. The molecule has 1 aliphatic rings. The Kier molecular flexibility index (Phi) is 6.52. The largest absolute Gasteiger partial charge is 0.496 e. The summed E-state index contributed by atoms with van der Waals surface area (Å²) in [5.74, 6) is 1.93. The lowest BCUT2D eigenvalue weighted by atomic mass is 9.92. The number of ether oxygens (including phenoxy) is 1. The highest BCUT2D eigenvalue weighted by molar-refractivity contribution is 5.33. The van der Waals surface area contributed by atoms with Gasteiger partial charge in [-0.1, -0.05) is 18.2 Å². The summed E-state index contributed by atoms with van der Waals surface area (Å²) in [6, 6.07) is 8.99. The number of benzene rings is 1. The minimum absolute atomic E-state index is 0.589. The van der Waals surface area contributed by atoms with Crippen LogP contribution < -0.4 is 10.1 Å². The first kappa shape index (κ1) is 16.3. The van der Waals surface area contributed by atoms with Gasteiger partial charge in [0.25, 0.3) is 0 Å². The van der Waals surface area contributed by atoms with Crippen LogP contribution in [-0.4, -0.2) is 44.7 Å². The number of nitrogens with one attached hydrogen (secondary N) is 1. The molecule has 1 fully saturated rings. The quantitative estimate of drug-likeness (QED) is 0.835. The van der Waals surface area contributed by atoms with Gasteiger partial charge >= 0.3 is 0 Å². The molecule has 0 spiro atoms. The summed E-state index contributed by atoms with van der Waals surface area (Å²) in [6.07, 6.45) is 5.09. The van der Waals surface area contributed by atoms with Gasteiger partial charge in [-0.15, -0.1) is 0 Å². The van der Waals surface area contributed by atoms with E-state index in [1.165, 1.54) is 37.9 Å². The maximum absolute atomic E-state index is 5.47. The van der Waals surface area contributed by atoms with Crippen LogP contribution in [0, 0.1) is 5.92 Å². The second kappa shape index (κ2) is 8.40. The molecule has 0 amide bonds. The van der Waals surface area contributed by atoms with Crippen LogP contribution in [0.3, 0.4) is 0 Å². The lowest BCUT2D eigenvalue weighted by Gasteiger charge is -2.36. The Bertz CT molecular complexity index is 413. The molecule has 0 saturated carbocycles. The highest BCUT2D eigenvalue weighted by Crippen LogP contribution is 2.25. The standard InChI is InChI=1S/C18H30N2O/c1-15(14-17-6-4-5-7-18(17)21-3)20-12-9-16(10-13-20)8-11-19-2/h4-7,15-16,19H,8-14H2,1-3H3. The van der Waals surface area contributed by atoms with E-state index in [2.05, 4.69) is 35.3 Å². The van der Waals surface area contributed by atoms with E-state index in [1.54, 1.807) is 7.11 Å². The molecule has 0 aromatic heterocycles. The molecule has 1 heterocycles. The number of rotatable bonds is 7. The van der Waals surface area contributed by atoms with E-state index in [4.69, 9.17) is 4.74 Å². The van der Waals surface area contributed by atoms with E-state index in [9.17, 15) is 0 Å². The summed E-state index contributed by atoms with van der Waals surface area (Å²) in [4.78, 5) is 2.64. The molecule has 1 atom stereocenters. The summed E-state index contributed by atoms with van der Waals surface area (Å²) < 4.78 is 5.47.